The molecule has 0 bridgehead atoms. The highest BCUT2D eigenvalue weighted by atomic mass is 15.3. The summed E-state index contributed by atoms with van der Waals surface area (Å²) in [4.78, 5) is 0. The fourth-order valence-electron chi connectivity index (χ4n) is 1.91. The smallest absolute Gasteiger partial charge is 0.0518 e. The average Bonchev–Trinajstić information content (AvgIpc) is 2.68. The van der Waals surface area contributed by atoms with Gasteiger partial charge in [0, 0.05) is 18.8 Å². The van der Waals surface area contributed by atoms with E-state index >= 15 is 0 Å². The van der Waals surface area contributed by atoms with Gasteiger partial charge in [-0.1, -0.05) is 33.1 Å². The zero-order chi connectivity index (χ0) is 12.5. The molecule has 0 aromatic carbocycles. The largest absolute Gasteiger partial charge is 0.315 e. The number of hydrogen-bond acceptors (Lipinski definition) is 2. The second-order valence-corrected chi connectivity index (χ2v) is 5.16. The molecule has 1 N–H and O–H groups in total. The Hall–Kier alpha value is -0.830. The highest BCUT2D eigenvalue weighted by Gasteiger charge is 1.95. The minimum Gasteiger partial charge on any atom is -0.315 e. The molecule has 1 aromatic rings. The first-order chi connectivity index (χ1) is 8.18. The highest BCUT2D eigenvalue weighted by molar-refractivity contribution is 4.99. The molecular formula is C14H27N3. The van der Waals surface area contributed by atoms with Gasteiger partial charge in [0.05, 0.1) is 6.20 Å². The Bertz CT molecular complexity index is 291. The molecule has 0 saturated carbocycles. The third-order valence-electron chi connectivity index (χ3n) is 2.88. The minimum atomic E-state index is 0.623. The summed E-state index contributed by atoms with van der Waals surface area (Å²) >= 11 is 0. The monoisotopic (exact) mass is 237 g/mol. The van der Waals surface area contributed by atoms with Gasteiger partial charge in [0.25, 0.3) is 0 Å². The van der Waals surface area contributed by atoms with Crippen molar-refractivity contribution in [2.75, 3.05) is 6.54 Å². The third kappa shape index (κ3) is 7.16. The molecule has 1 heterocycles. The van der Waals surface area contributed by atoms with Crippen molar-refractivity contribution in [1.29, 1.82) is 0 Å². The molecule has 0 unspecified atom stereocenters. The molecule has 0 aliphatic rings. The highest BCUT2D eigenvalue weighted by Crippen LogP contribution is 2.04. The lowest BCUT2D eigenvalue weighted by atomic mass is 10.1. The Labute approximate surface area is 106 Å². The molecular weight excluding hydrogens is 210 g/mol. The van der Waals surface area contributed by atoms with E-state index in [0.717, 1.165) is 13.1 Å². The van der Waals surface area contributed by atoms with Crippen molar-refractivity contribution >= 4 is 0 Å². The van der Waals surface area contributed by atoms with Crippen LogP contribution in [0, 0.1) is 6.92 Å². The molecule has 0 radical (unpaired) electrons. The molecule has 0 aliphatic heterocycles. The summed E-state index contributed by atoms with van der Waals surface area (Å²) in [6.07, 6.45) is 10.6. The Morgan fingerprint density at radius 3 is 2.53 bits per heavy atom. The number of aromatic nitrogens is 2. The van der Waals surface area contributed by atoms with Crippen LogP contribution in [0.15, 0.2) is 12.4 Å². The van der Waals surface area contributed by atoms with Crippen molar-refractivity contribution in [3.63, 3.8) is 0 Å². The number of rotatable bonds is 9. The number of aryl methyl sites for hydroxylation is 2. The van der Waals surface area contributed by atoms with Gasteiger partial charge >= 0.3 is 0 Å². The van der Waals surface area contributed by atoms with Crippen LogP contribution in [0.5, 0.6) is 0 Å². The molecule has 1 rings (SSSR count). The van der Waals surface area contributed by atoms with Gasteiger partial charge in [-0.05, 0) is 31.9 Å². The van der Waals surface area contributed by atoms with Gasteiger partial charge < -0.3 is 5.32 Å². The van der Waals surface area contributed by atoms with E-state index < -0.39 is 0 Å². The van der Waals surface area contributed by atoms with E-state index in [4.69, 9.17) is 0 Å². The van der Waals surface area contributed by atoms with E-state index in [1.54, 1.807) is 0 Å². The van der Waals surface area contributed by atoms with Crippen molar-refractivity contribution in [3.8, 4) is 0 Å². The Balaban J connectivity index is 1.88. The molecule has 3 nitrogen and oxygen atoms in total. The summed E-state index contributed by atoms with van der Waals surface area (Å²) in [5, 5.41) is 7.74. The maximum atomic E-state index is 4.29. The van der Waals surface area contributed by atoms with Crippen LogP contribution in [0.2, 0.25) is 0 Å². The molecule has 0 aliphatic carbocycles. The lowest BCUT2D eigenvalue weighted by molar-refractivity contribution is 0.509. The summed E-state index contributed by atoms with van der Waals surface area (Å²) in [5.41, 5.74) is 1.25. The molecule has 0 spiro atoms. The maximum Gasteiger partial charge on any atom is 0.0518 e. The molecule has 0 atom stereocenters. The van der Waals surface area contributed by atoms with Crippen molar-refractivity contribution in [3.05, 3.63) is 18.0 Å². The number of nitrogens with one attached hydrogen (secondary N) is 1. The molecule has 0 amide bonds. The van der Waals surface area contributed by atoms with Crippen LogP contribution >= 0.6 is 0 Å². The summed E-state index contributed by atoms with van der Waals surface area (Å²) < 4.78 is 2.05. The maximum absolute atomic E-state index is 4.29. The third-order valence-corrected chi connectivity index (χ3v) is 2.88. The van der Waals surface area contributed by atoms with Crippen LogP contribution in [0.3, 0.4) is 0 Å². The van der Waals surface area contributed by atoms with Crippen molar-refractivity contribution in [2.45, 2.75) is 65.5 Å². The fourth-order valence-corrected chi connectivity index (χ4v) is 1.91. The van der Waals surface area contributed by atoms with Crippen LogP contribution in [-0.2, 0) is 6.54 Å². The van der Waals surface area contributed by atoms with Gasteiger partial charge in [0.1, 0.15) is 0 Å². The molecule has 17 heavy (non-hydrogen) atoms. The normalized spacial score (nSPS) is 11.3. The van der Waals surface area contributed by atoms with Gasteiger partial charge in [-0.25, -0.2) is 0 Å². The quantitative estimate of drug-likeness (QED) is 0.669. The van der Waals surface area contributed by atoms with E-state index in [2.05, 4.69) is 42.1 Å². The number of nitrogens with zero attached hydrogens (tertiary/aromatic N) is 2. The topological polar surface area (TPSA) is 29.9 Å². The number of unbranched alkanes of at least 4 members (excludes halogenated alkanes) is 4. The van der Waals surface area contributed by atoms with E-state index in [1.807, 2.05) is 6.20 Å². The second-order valence-electron chi connectivity index (χ2n) is 5.16. The van der Waals surface area contributed by atoms with Crippen molar-refractivity contribution in [1.82, 2.24) is 15.1 Å². The minimum absolute atomic E-state index is 0.623. The van der Waals surface area contributed by atoms with Gasteiger partial charge in [-0.15, -0.1) is 0 Å². The zero-order valence-corrected chi connectivity index (χ0v) is 11.6. The lowest BCUT2D eigenvalue weighted by Gasteiger charge is -2.07. The Morgan fingerprint density at radius 1 is 1.18 bits per heavy atom. The van der Waals surface area contributed by atoms with Crippen LogP contribution in [-0.4, -0.2) is 22.4 Å². The lowest BCUT2D eigenvalue weighted by Crippen LogP contribution is -2.23. The van der Waals surface area contributed by atoms with E-state index in [-0.39, 0.29) is 0 Å². The first-order valence-electron chi connectivity index (χ1n) is 6.91. The van der Waals surface area contributed by atoms with Crippen molar-refractivity contribution < 1.29 is 0 Å². The van der Waals surface area contributed by atoms with Gasteiger partial charge in [-0.3, -0.25) is 4.68 Å². The van der Waals surface area contributed by atoms with Crippen LogP contribution in [0.25, 0.3) is 0 Å². The molecule has 1 aromatic heterocycles. The summed E-state index contributed by atoms with van der Waals surface area (Å²) in [6, 6.07) is 0.623. The second kappa shape index (κ2) is 8.29. The van der Waals surface area contributed by atoms with E-state index in [9.17, 15) is 0 Å². The Kier molecular flexibility index (Phi) is 6.94. The predicted molar refractivity (Wildman–Crippen MR) is 73.2 cm³/mol. The van der Waals surface area contributed by atoms with Gasteiger partial charge in [0.15, 0.2) is 0 Å². The summed E-state index contributed by atoms with van der Waals surface area (Å²) in [5.74, 6) is 0. The Morgan fingerprint density at radius 2 is 1.88 bits per heavy atom. The van der Waals surface area contributed by atoms with Gasteiger partial charge in [-0.2, -0.15) is 5.10 Å². The number of hydrogen-bond donors (Lipinski definition) is 1. The van der Waals surface area contributed by atoms with Crippen LogP contribution in [0.1, 0.15) is 51.5 Å². The molecule has 3 heteroatoms. The summed E-state index contributed by atoms with van der Waals surface area (Å²) in [7, 11) is 0. The molecule has 98 valence electrons. The van der Waals surface area contributed by atoms with Crippen LogP contribution < -0.4 is 5.32 Å². The molecule has 0 fully saturated rings. The SMILES string of the molecule is Cc1cnn(CCCCCCCNC(C)C)c1. The molecule has 0 saturated heterocycles. The first kappa shape index (κ1) is 14.2. The van der Waals surface area contributed by atoms with Crippen LogP contribution in [0.4, 0.5) is 0 Å². The zero-order valence-electron chi connectivity index (χ0n) is 11.6. The fraction of sp³-hybridized carbons (Fsp3) is 0.786. The van der Waals surface area contributed by atoms with Crippen molar-refractivity contribution in [2.24, 2.45) is 0 Å². The standard InChI is InChI=1S/C14H27N3/c1-13(2)15-9-7-5-4-6-8-10-17-12-14(3)11-16-17/h11-13,15H,4-10H2,1-3H3. The average molecular weight is 237 g/mol. The summed E-state index contributed by atoms with van der Waals surface area (Å²) in [6.45, 7) is 8.72. The van der Waals surface area contributed by atoms with Gasteiger partial charge in [0.2, 0.25) is 0 Å². The van der Waals surface area contributed by atoms with E-state index in [0.29, 0.717) is 6.04 Å². The first-order valence-corrected chi connectivity index (χ1v) is 6.91. The van der Waals surface area contributed by atoms with E-state index in [1.165, 1.54) is 37.7 Å². The predicted octanol–water partition coefficient (Wildman–Crippen LogP) is 3.14.